The molecule has 0 radical (unpaired) electrons. The molecule has 0 atom stereocenters. The van der Waals surface area contributed by atoms with Gasteiger partial charge < -0.3 is 0 Å². The molecule has 0 bridgehead atoms. The summed E-state index contributed by atoms with van der Waals surface area (Å²) in [5.41, 5.74) is 5.38. The van der Waals surface area contributed by atoms with E-state index in [0.29, 0.717) is 0 Å². The summed E-state index contributed by atoms with van der Waals surface area (Å²) in [4.78, 5) is 0. The van der Waals surface area contributed by atoms with Crippen molar-refractivity contribution in [1.29, 1.82) is 0 Å². The van der Waals surface area contributed by atoms with E-state index >= 15 is 0 Å². The van der Waals surface area contributed by atoms with Crippen LogP contribution in [-0.2, 0) is 0 Å². The van der Waals surface area contributed by atoms with Crippen LogP contribution in [0.2, 0.25) is 0 Å². The van der Waals surface area contributed by atoms with E-state index in [-0.39, 0.29) is 0 Å². The van der Waals surface area contributed by atoms with Gasteiger partial charge in [-0.1, -0.05) is 42.3 Å². The minimum absolute atomic E-state index is 0.941. The Morgan fingerprint density at radius 1 is 1.33 bits per heavy atom. The first-order valence-corrected chi connectivity index (χ1v) is 5.03. The van der Waals surface area contributed by atoms with Gasteiger partial charge in [-0.25, -0.2) is 0 Å². The van der Waals surface area contributed by atoms with Gasteiger partial charge in [-0.05, 0) is 12.5 Å². The van der Waals surface area contributed by atoms with Crippen molar-refractivity contribution in [3.63, 3.8) is 0 Å². The summed E-state index contributed by atoms with van der Waals surface area (Å²) >= 11 is 0. The smallest absolute Gasteiger partial charge is 0.0911 e. The standard InChI is InChI=1S/C11H12Si/c1-2-10(8-9-12)11-6-4-3-5-7-11/h2-7H,1,12H3. The van der Waals surface area contributed by atoms with E-state index in [1.807, 2.05) is 25.1 Å². The van der Waals surface area contributed by atoms with E-state index < -0.39 is 0 Å². The molecule has 12 heavy (non-hydrogen) atoms. The number of hydrogen-bond acceptors (Lipinski definition) is 0. The molecule has 1 heteroatoms. The van der Waals surface area contributed by atoms with Crippen molar-refractivity contribution in [2.24, 2.45) is 0 Å². The third-order valence-electron chi connectivity index (χ3n) is 1.63. The third-order valence-corrected chi connectivity index (χ3v) is 1.88. The summed E-state index contributed by atoms with van der Waals surface area (Å²) in [6.45, 7) is 2.02. The van der Waals surface area contributed by atoms with E-state index in [4.69, 9.17) is 0 Å². The van der Waals surface area contributed by atoms with Gasteiger partial charge in [0, 0.05) is 5.57 Å². The summed E-state index contributed by atoms with van der Waals surface area (Å²) in [5.74, 6) is 3.12. The molecule has 0 saturated heterocycles. The first-order valence-electron chi connectivity index (χ1n) is 4.03. The van der Waals surface area contributed by atoms with Crippen molar-refractivity contribution < 1.29 is 0 Å². The van der Waals surface area contributed by atoms with Crippen molar-refractivity contribution in [3.8, 4) is 11.5 Å². The average Bonchev–Trinajstić information content (AvgIpc) is 2.15. The second-order valence-electron chi connectivity index (χ2n) is 2.44. The van der Waals surface area contributed by atoms with Gasteiger partial charge in [-0.15, -0.1) is 5.54 Å². The first-order chi connectivity index (χ1) is 5.88. The number of benzene rings is 1. The highest BCUT2D eigenvalue weighted by Gasteiger charge is 1.92. The van der Waals surface area contributed by atoms with Gasteiger partial charge in [0.1, 0.15) is 0 Å². The normalized spacial score (nSPS) is 10.6. The molecule has 0 unspecified atom stereocenters. The largest absolute Gasteiger partial charge is 0.138 e. The maximum Gasteiger partial charge on any atom is 0.0911 e. The Morgan fingerprint density at radius 3 is 2.50 bits per heavy atom. The molecule has 1 aromatic rings. The zero-order chi connectivity index (χ0) is 8.81. The zero-order valence-electron chi connectivity index (χ0n) is 7.46. The highest BCUT2D eigenvalue weighted by molar-refractivity contribution is 6.23. The number of hydrogen-bond donors (Lipinski definition) is 0. The summed E-state index contributed by atoms with van der Waals surface area (Å²) in [7, 11) is 0.941. The average molecular weight is 172 g/mol. The summed E-state index contributed by atoms with van der Waals surface area (Å²) in [6.07, 6.45) is 2.06. The zero-order valence-corrected chi connectivity index (χ0v) is 9.46. The Bertz CT molecular complexity index is 325. The topological polar surface area (TPSA) is 0 Å². The van der Waals surface area contributed by atoms with Crippen molar-refractivity contribution in [2.75, 3.05) is 0 Å². The Balaban J connectivity index is 3.02. The molecule has 1 aromatic carbocycles. The van der Waals surface area contributed by atoms with Crippen LogP contribution in [0.3, 0.4) is 0 Å². The Kier molecular flexibility index (Phi) is 3.37. The lowest BCUT2D eigenvalue weighted by atomic mass is 10.1. The molecule has 1 rings (SSSR count). The van der Waals surface area contributed by atoms with E-state index in [1.165, 1.54) is 5.56 Å². The van der Waals surface area contributed by atoms with Gasteiger partial charge in [0.25, 0.3) is 0 Å². The van der Waals surface area contributed by atoms with Crippen molar-refractivity contribution in [3.05, 3.63) is 42.0 Å². The maximum absolute atomic E-state index is 3.12. The summed E-state index contributed by atoms with van der Waals surface area (Å²) in [5, 5.41) is 0. The molecule has 0 aliphatic heterocycles. The molecule has 0 heterocycles. The van der Waals surface area contributed by atoms with Gasteiger partial charge in [-0.2, -0.15) is 0 Å². The van der Waals surface area contributed by atoms with Crippen molar-refractivity contribution >= 4 is 15.8 Å². The number of allylic oxidation sites excluding steroid dienone is 2. The molecule has 0 aromatic heterocycles. The van der Waals surface area contributed by atoms with Crippen LogP contribution in [0, 0.1) is 11.5 Å². The Labute approximate surface area is 76.7 Å². The van der Waals surface area contributed by atoms with Crippen molar-refractivity contribution in [1.82, 2.24) is 0 Å². The maximum atomic E-state index is 3.12. The van der Waals surface area contributed by atoms with Crippen LogP contribution in [0.25, 0.3) is 5.57 Å². The van der Waals surface area contributed by atoms with Crippen molar-refractivity contribution in [2.45, 2.75) is 6.92 Å². The van der Waals surface area contributed by atoms with Gasteiger partial charge in [0.15, 0.2) is 0 Å². The van der Waals surface area contributed by atoms with Crippen LogP contribution in [0.5, 0.6) is 0 Å². The minimum atomic E-state index is 0.941. The molecule has 0 saturated carbocycles. The molecular weight excluding hydrogens is 160 g/mol. The third kappa shape index (κ3) is 2.11. The lowest BCUT2D eigenvalue weighted by molar-refractivity contribution is 1.61. The summed E-state index contributed by atoms with van der Waals surface area (Å²) < 4.78 is 0. The molecule has 0 amide bonds. The second kappa shape index (κ2) is 4.58. The lowest BCUT2D eigenvalue weighted by Crippen LogP contribution is -1.78. The van der Waals surface area contributed by atoms with E-state index in [2.05, 4.69) is 29.7 Å². The predicted molar refractivity (Wildman–Crippen MR) is 57.8 cm³/mol. The molecular formula is C11H12Si. The van der Waals surface area contributed by atoms with Crippen LogP contribution >= 0.6 is 0 Å². The molecule has 0 aliphatic rings. The molecule has 0 spiro atoms. The fourth-order valence-electron chi connectivity index (χ4n) is 1.06. The van der Waals surface area contributed by atoms with E-state index in [9.17, 15) is 0 Å². The van der Waals surface area contributed by atoms with Crippen LogP contribution in [0.15, 0.2) is 36.4 Å². The van der Waals surface area contributed by atoms with Crippen LogP contribution in [0.1, 0.15) is 12.5 Å². The molecule has 0 aliphatic carbocycles. The monoisotopic (exact) mass is 172 g/mol. The predicted octanol–water partition coefficient (Wildman–Crippen LogP) is 1.42. The van der Waals surface area contributed by atoms with Gasteiger partial charge >= 0.3 is 0 Å². The van der Waals surface area contributed by atoms with Gasteiger partial charge in [0.05, 0.1) is 10.2 Å². The van der Waals surface area contributed by atoms with E-state index in [0.717, 1.165) is 15.8 Å². The van der Waals surface area contributed by atoms with Crippen LogP contribution < -0.4 is 0 Å². The van der Waals surface area contributed by atoms with Gasteiger partial charge in [0.2, 0.25) is 0 Å². The van der Waals surface area contributed by atoms with E-state index in [1.54, 1.807) is 0 Å². The Hall–Kier alpha value is -1.26. The molecule has 0 N–H and O–H groups in total. The fourth-order valence-corrected chi connectivity index (χ4v) is 1.33. The van der Waals surface area contributed by atoms with Gasteiger partial charge in [-0.3, -0.25) is 0 Å². The highest BCUT2D eigenvalue weighted by atomic mass is 28.1. The SMILES string of the molecule is CC=C(C#C[SiH3])c1ccccc1. The fraction of sp³-hybridized carbons (Fsp3) is 0.0909. The molecule has 0 fully saturated rings. The molecule has 60 valence electrons. The quantitative estimate of drug-likeness (QED) is 0.444. The van der Waals surface area contributed by atoms with Crippen LogP contribution in [0.4, 0.5) is 0 Å². The summed E-state index contributed by atoms with van der Waals surface area (Å²) in [6, 6.07) is 10.3. The van der Waals surface area contributed by atoms with Crippen LogP contribution in [-0.4, -0.2) is 10.2 Å². The first kappa shape index (κ1) is 8.83. The molecule has 0 nitrogen and oxygen atoms in total. The second-order valence-corrected chi connectivity index (χ2v) is 2.94. The lowest BCUT2D eigenvalue weighted by Gasteiger charge is -1.97. The minimum Gasteiger partial charge on any atom is -0.138 e. The highest BCUT2D eigenvalue weighted by Crippen LogP contribution is 2.11. The Morgan fingerprint density at radius 2 is 2.00 bits per heavy atom. The number of rotatable bonds is 1.